The molecule has 3 aromatic carbocycles. The Morgan fingerprint density at radius 1 is 1.05 bits per heavy atom. The van der Waals surface area contributed by atoms with Crippen LogP contribution in [0.15, 0.2) is 83.9 Å². The molecule has 0 unspecified atom stereocenters. The third-order valence-electron chi connectivity index (χ3n) is 7.01. The second kappa shape index (κ2) is 14.4. The minimum atomic E-state index is -1.13. The molecule has 2 atom stereocenters. The Balaban J connectivity index is 1.52. The maximum Gasteiger partial charge on any atom is 0.252 e. The summed E-state index contributed by atoms with van der Waals surface area (Å²) in [4.78, 5) is 18.7. The van der Waals surface area contributed by atoms with Crippen molar-refractivity contribution < 1.29 is 28.8 Å². The maximum atomic E-state index is 13.8. The van der Waals surface area contributed by atoms with Gasteiger partial charge >= 0.3 is 0 Å². The van der Waals surface area contributed by atoms with Gasteiger partial charge in [-0.2, -0.15) is 0 Å². The van der Waals surface area contributed by atoms with Crippen LogP contribution in [0.5, 0.6) is 17.2 Å². The van der Waals surface area contributed by atoms with Crippen LogP contribution >= 0.6 is 0 Å². The first-order valence-corrected chi connectivity index (χ1v) is 13.8. The van der Waals surface area contributed by atoms with Crippen LogP contribution in [-0.4, -0.2) is 62.5 Å². The van der Waals surface area contributed by atoms with Gasteiger partial charge in [-0.05, 0) is 60.9 Å². The minimum Gasteiger partial charge on any atom is -0.494 e. The summed E-state index contributed by atoms with van der Waals surface area (Å²) in [7, 11) is 3.20. The largest absolute Gasteiger partial charge is 0.494 e. The van der Waals surface area contributed by atoms with E-state index in [0.29, 0.717) is 55.6 Å². The van der Waals surface area contributed by atoms with Crippen LogP contribution < -0.4 is 19.5 Å². The van der Waals surface area contributed by atoms with Crippen LogP contribution in [0.3, 0.4) is 0 Å². The highest BCUT2D eigenvalue weighted by molar-refractivity contribution is 6.00. The molecule has 1 heterocycles. The number of carbonyl (C=O) groups excluding carboxylic acids is 1. The van der Waals surface area contributed by atoms with E-state index in [9.17, 15) is 4.79 Å². The van der Waals surface area contributed by atoms with Gasteiger partial charge in [-0.3, -0.25) is 4.79 Å². The number of rotatable bonds is 14. The van der Waals surface area contributed by atoms with Gasteiger partial charge < -0.3 is 29.4 Å². The molecular weight excluding hydrogens is 520 g/mol. The highest BCUT2D eigenvalue weighted by atomic mass is 16.5. The third kappa shape index (κ3) is 7.46. The molecule has 216 valence electrons. The molecule has 0 aromatic heterocycles. The molecule has 0 saturated carbocycles. The Morgan fingerprint density at radius 3 is 2.51 bits per heavy atom. The number of amides is 1. The van der Waals surface area contributed by atoms with E-state index in [1.807, 2.05) is 91.9 Å². The first-order chi connectivity index (χ1) is 20.0. The first-order valence-electron chi connectivity index (χ1n) is 13.8. The van der Waals surface area contributed by atoms with Crippen molar-refractivity contribution in [1.82, 2.24) is 5.32 Å². The van der Waals surface area contributed by atoms with Crippen molar-refractivity contribution in [3.8, 4) is 17.2 Å². The summed E-state index contributed by atoms with van der Waals surface area (Å²) < 4.78 is 22.6. The van der Waals surface area contributed by atoms with Gasteiger partial charge in [0.1, 0.15) is 11.9 Å². The quantitative estimate of drug-likeness (QED) is 0.275. The molecule has 4 rings (SSSR count). The lowest BCUT2D eigenvalue weighted by atomic mass is 9.89. The Morgan fingerprint density at radius 2 is 1.80 bits per heavy atom. The summed E-state index contributed by atoms with van der Waals surface area (Å²) in [5.41, 5.74) is 1.69. The Kier molecular flexibility index (Phi) is 10.4. The highest BCUT2D eigenvalue weighted by Gasteiger charge is 2.49. The predicted octanol–water partition coefficient (Wildman–Crippen LogP) is 4.83. The van der Waals surface area contributed by atoms with Crippen molar-refractivity contribution in [2.45, 2.75) is 37.8 Å². The lowest BCUT2D eigenvalue weighted by Crippen LogP contribution is -2.51. The van der Waals surface area contributed by atoms with E-state index in [2.05, 4.69) is 5.32 Å². The van der Waals surface area contributed by atoms with E-state index >= 15 is 0 Å². The monoisotopic (exact) mass is 558 g/mol. The highest BCUT2D eigenvalue weighted by Crippen LogP contribution is 2.33. The van der Waals surface area contributed by atoms with Gasteiger partial charge in [0.05, 0.1) is 20.8 Å². The lowest BCUT2D eigenvalue weighted by molar-refractivity contribution is -0.128. The van der Waals surface area contributed by atoms with Crippen molar-refractivity contribution in [3.05, 3.63) is 95.6 Å². The molecule has 3 aromatic rings. The van der Waals surface area contributed by atoms with E-state index in [0.717, 1.165) is 16.7 Å². The molecule has 41 heavy (non-hydrogen) atoms. The van der Waals surface area contributed by atoms with Gasteiger partial charge in [0, 0.05) is 31.6 Å². The second-order valence-electron chi connectivity index (χ2n) is 9.76. The number of aliphatic imine (C=N–C) groups is 1. The lowest BCUT2D eigenvalue weighted by Gasteiger charge is -2.27. The number of aliphatic hydroxyl groups excluding tert-OH is 1. The van der Waals surface area contributed by atoms with Crippen LogP contribution in [-0.2, 0) is 16.0 Å². The first kappa shape index (κ1) is 29.7. The summed E-state index contributed by atoms with van der Waals surface area (Å²) in [6.45, 7) is 2.82. The second-order valence-corrected chi connectivity index (χ2v) is 9.76. The number of hydrogen-bond donors (Lipinski definition) is 2. The van der Waals surface area contributed by atoms with Crippen LogP contribution in [0.2, 0.25) is 0 Å². The standard InChI is InChI=1S/C33H38N2O6/c1-24-33(19-7-11-25-9-5-4-6-10-25,32(37)34-20-18-26-12-17-29(38-2)30(23-26)39-3)35-31(41-24)27-13-15-28(16-14-27)40-22-8-21-36/h4-7,9-17,23-24,36H,8,18-22H2,1-3H3,(H,34,37)/b11-7+/t24-,33-/m1/s1. The predicted molar refractivity (Wildman–Crippen MR) is 160 cm³/mol. The Labute approximate surface area is 241 Å². The average Bonchev–Trinajstić information content (AvgIpc) is 3.34. The van der Waals surface area contributed by atoms with Gasteiger partial charge in [0.15, 0.2) is 17.0 Å². The molecular formula is C33H38N2O6. The van der Waals surface area contributed by atoms with Crippen molar-refractivity contribution >= 4 is 17.9 Å². The van der Waals surface area contributed by atoms with Gasteiger partial charge in [-0.15, -0.1) is 0 Å². The Bertz CT molecular complexity index is 1340. The van der Waals surface area contributed by atoms with Crippen LogP contribution in [0.4, 0.5) is 0 Å². The summed E-state index contributed by atoms with van der Waals surface area (Å²) in [6, 6.07) is 23.1. The fraction of sp³-hybridized carbons (Fsp3) is 0.333. The molecule has 0 aliphatic carbocycles. The molecule has 0 spiro atoms. The van der Waals surface area contributed by atoms with Gasteiger partial charge in [-0.1, -0.05) is 48.6 Å². The smallest absolute Gasteiger partial charge is 0.252 e. The molecule has 0 radical (unpaired) electrons. The molecule has 1 aliphatic rings. The van der Waals surface area contributed by atoms with E-state index in [1.54, 1.807) is 14.2 Å². The van der Waals surface area contributed by atoms with Crippen LogP contribution in [0.1, 0.15) is 36.5 Å². The van der Waals surface area contributed by atoms with Gasteiger partial charge in [-0.25, -0.2) is 4.99 Å². The summed E-state index contributed by atoms with van der Waals surface area (Å²) in [6.07, 6.45) is 5.04. The summed E-state index contributed by atoms with van der Waals surface area (Å²) >= 11 is 0. The number of benzene rings is 3. The normalized spacial score (nSPS) is 18.0. The van der Waals surface area contributed by atoms with E-state index in [-0.39, 0.29) is 12.5 Å². The van der Waals surface area contributed by atoms with Crippen LogP contribution in [0, 0.1) is 0 Å². The van der Waals surface area contributed by atoms with Crippen molar-refractivity contribution in [3.63, 3.8) is 0 Å². The molecule has 2 N–H and O–H groups in total. The molecule has 0 bridgehead atoms. The number of carbonyl (C=O) groups is 1. The number of methoxy groups -OCH3 is 2. The molecule has 0 fully saturated rings. The van der Waals surface area contributed by atoms with E-state index < -0.39 is 11.6 Å². The minimum absolute atomic E-state index is 0.0811. The molecule has 8 heteroatoms. The average molecular weight is 559 g/mol. The van der Waals surface area contributed by atoms with Crippen molar-refractivity contribution in [1.29, 1.82) is 0 Å². The summed E-state index contributed by atoms with van der Waals surface area (Å²) in [5, 5.41) is 12.1. The molecule has 1 amide bonds. The van der Waals surface area contributed by atoms with Crippen molar-refractivity contribution in [2.75, 3.05) is 34.0 Å². The zero-order valence-corrected chi connectivity index (χ0v) is 23.8. The molecule has 0 saturated heterocycles. The number of nitrogens with zero attached hydrogens (tertiary/aromatic N) is 1. The van der Waals surface area contributed by atoms with Crippen molar-refractivity contribution in [2.24, 2.45) is 4.99 Å². The topological polar surface area (TPSA) is 98.6 Å². The van der Waals surface area contributed by atoms with E-state index in [4.69, 9.17) is 29.0 Å². The number of nitrogens with one attached hydrogen (secondary N) is 1. The zero-order chi connectivity index (χ0) is 29.1. The number of hydrogen-bond acceptors (Lipinski definition) is 7. The zero-order valence-electron chi connectivity index (χ0n) is 23.8. The van der Waals surface area contributed by atoms with E-state index in [1.165, 1.54) is 0 Å². The Hall–Kier alpha value is -4.30. The number of aliphatic hydroxyl groups is 1. The van der Waals surface area contributed by atoms with Gasteiger partial charge in [0.2, 0.25) is 5.90 Å². The third-order valence-corrected chi connectivity index (χ3v) is 7.01. The molecule has 1 aliphatic heterocycles. The fourth-order valence-electron chi connectivity index (χ4n) is 4.63. The fourth-order valence-corrected chi connectivity index (χ4v) is 4.63. The SMILES string of the molecule is COc1ccc(CCNC(=O)[C@]2(C/C=C/c3ccccc3)N=C(c3ccc(OCCCO)cc3)O[C@@H]2C)cc1OC. The summed E-state index contributed by atoms with van der Waals surface area (Å²) in [5.74, 6) is 2.23. The maximum absolute atomic E-state index is 13.8. The molecule has 8 nitrogen and oxygen atoms in total. The number of ether oxygens (including phenoxy) is 4. The van der Waals surface area contributed by atoms with Crippen LogP contribution in [0.25, 0.3) is 6.08 Å². The van der Waals surface area contributed by atoms with Gasteiger partial charge in [0.25, 0.3) is 5.91 Å².